The molecule has 0 saturated carbocycles. The molecule has 6 heteroatoms. The van der Waals surface area contributed by atoms with Gasteiger partial charge in [0.15, 0.2) is 0 Å². The number of carbonyl (C=O) groups excluding carboxylic acids is 3. The second-order valence-electron chi connectivity index (χ2n) is 3.79. The Morgan fingerprint density at radius 1 is 1.00 bits per heavy atom. The number of carbonyl (C=O) groups is 3. The summed E-state index contributed by atoms with van der Waals surface area (Å²) in [5.74, 6) is -1.56. The van der Waals surface area contributed by atoms with E-state index in [4.69, 9.17) is 9.47 Å². The van der Waals surface area contributed by atoms with E-state index in [0.717, 1.165) is 0 Å². The minimum absolute atomic E-state index is 0.00407. The van der Waals surface area contributed by atoms with E-state index in [1.165, 1.54) is 33.1 Å². The number of esters is 3. The highest BCUT2D eigenvalue weighted by Gasteiger charge is 2.20. The molecule has 0 N–H and O–H groups in total. The number of aryl methyl sites for hydroxylation is 1. The average molecular weight is 266 g/mol. The van der Waals surface area contributed by atoms with Crippen molar-refractivity contribution in [1.82, 2.24) is 0 Å². The molecule has 0 aliphatic heterocycles. The van der Waals surface area contributed by atoms with Gasteiger partial charge in [0, 0.05) is 19.9 Å². The molecule has 1 aromatic carbocycles. The van der Waals surface area contributed by atoms with E-state index in [2.05, 4.69) is 4.74 Å². The van der Waals surface area contributed by atoms with E-state index >= 15 is 0 Å². The highest BCUT2D eigenvalue weighted by molar-refractivity contribution is 5.95. The summed E-state index contributed by atoms with van der Waals surface area (Å²) in [4.78, 5) is 33.6. The van der Waals surface area contributed by atoms with Crippen molar-refractivity contribution in [3.63, 3.8) is 0 Å². The lowest BCUT2D eigenvalue weighted by atomic mass is 10.1. The van der Waals surface area contributed by atoms with E-state index in [1.807, 2.05) is 0 Å². The quantitative estimate of drug-likeness (QED) is 0.611. The Bertz CT molecular complexity index is 532. The molecule has 0 amide bonds. The van der Waals surface area contributed by atoms with Gasteiger partial charge in [-0.2, -0.15) is 0 Å². The molecule has 0 bridgehead atoms. The minimum atomic E-state index is -0.636. The molecule has 0 saturated heterocycles. The molecule has 0 radical (unpaired) electrons. The number of hydrogen-bond acceptors (Lipinski definition) is 6. The van der Waals surface area contributed by atoms with Gasteiger partial charge in [-0.25, -0.2) is 4.79 Å². The lowest BCUT2D eigenvalue weighted by molar-refractivity contribution is -0.132. The predicted molar refractivity (Wildman–Crippen MR) is 65.1 cm³/mol. The lowest BCUT2D eigenvalue weighted by Gasteiger charge is -2.12. The van der Waals surface area contributed by atoms with Crippen LogP contribution in [0.2, 0.25) is 0 Å². The van der Waals surface area contributed by atoms with Crippen molar-refractivity contribution in [2.24, 2.45) is 0 Å². The third kappa shape index (κ3) is 3.80. The van der Waals surface area contributed by atoms with E-state index in [1.54, 1.807) is 6.92 Å². The molecular weight excluding hydrogens is 252 g/mol. The van der Waals surface area contributed by atoms with Crippen LogP contribution in [0.4, 0.5) is 0 Å². The summed E-state index contributed by atoms with van der Waals surface area (Å²) in [6, 6.07) is 2.78. The third-order valence-corrected chi connectivity index (χ3v) is 2.18. The van der Waals surface area contributed by atoms with Gasteiger partial charge in [-0.05, 0) is 18.6 Å². The van der Waals surface area contributed by atoms with E-state index in [-0.39, 0.29) is 17.1 Å². The predicted octanol–water partition coefficient (Wildman–Crippen LogP) is 1.63. The summed E-state index contributed by atoms with van der Waals surface area (Å²) < 4.78 is 14.5. The van der Waals surface area contributed by atoms with Crippen LogP contribution in [0.15, 0.2) is 12.1 Å². The number of benzene rings is 1. The molecule has 0 fully saturated rings. The first-order valence-electron chi connectivity index (χ1n) is 5.45. The van der Waals surface area contributed by atoms with Crippen molar-refractivity contribution in [2.45, 2.75) is 20.8 Å². The van der Waals surface area contributed by atoms with Gasteiger partial charge in [0.25, 0.3) is 0 Å². The molecule has 0 atom stereocenters. The molecule has 6 nitrogen and oxygen atoms in total. The molecule has 19 heavy (non-hydrogen) atoms. The van der Waals surface area contributed by atoms with Crippen LogP contribution in [0.25, 0.3) is 0 Å². The Balaban J connectivity index is 3.33. The lowest BCUT2D eigenvalue weighted by Crippen LogP contribution is -2.12. The first-order chi connectivity index (χ1) is 8.85. The number of methoxy groups -OCH3 is 1. The second-order valence-corrected chi connectivity index (χ2v) is 3.79. The maximum absolute atomic E-state index is 11.6. The number of hydrogen-bond donors (Lipinski definition) is 0. The van der Waals surface area contributed by atoms with Gasteiger partial charge in [0.05, 0.1) is 7.11 Å². The van der Waals surface area contributed by atoms with Crippen LogP contribution < -0.4 is 9.47 Å². The maximum Gasteiger partial charge on any atom is 0.341 e. The molecule has 1 aromatic rings. The van der Waals surface area contributed by atoms with Gasteiger partial charge in [0.1, 0.15) is 17.1 Å². The van der Waals surface area contributed by atoms with Gasteiger partial charge in [-0.1, -0.05) is 0 Å². The van der Waals surface area contributed by atoms with E-state index in [0.29, 0.717) is 5.56 Å². The molecule has 0 aromatic heterocycles. The number of ether oxygens (including phenoxy) is 3. The molecular formula is C13H14O6. The first kappa shape index (κ1) is 14.7. The Morgan fingerprint density at radius 2 is 1.58 bits per heavy atom. The Hall–Kier alpha value is -2.37. The summed E-state index contributed by atoms with van der Waals surface area (Å²) in [5.41, 5.74) is 0.593. The monoisotopic (exact) mass is 266 g/mol. The van der Waals surface area contributed by atoms with E-state index < -0.39 is 17.9 Å². The normalized spacial score (nSPS) is 9.68. The first-order valence-corrected chi connectivity index (χ1v) is 5.45. The topological polar surface area (TPSA) is 78.9 Å². The Morgan fingerprint density at radius 3 is 2.05 bits per heavy atom. The molecule has 1 rings (SSSR count). The maximum atomic E-state index is 11.6. The van der Waals surface area contributed by atoms with Crippen LogP contribution in [0.5, 0.6) is 11.5 Å². The van der Waals surface area contributed by atoms with Crippen LogP contribution in [-0.4, -0.2) is 25.0 Å². The van der Waals surface area contributed by atoms with Crippen LogP contribution >= 0.6 is 0 Å². The summed E-state index contributed by atoms with van der Waals surface area (Å²) >= 11 is 0. The fourth-order valence-corrected chi connectivity index (χ4v) is 1.55. The summed E-state index contributed by atoms with van der Waals surface area (Å²) in [7, 11) is 1.22. The van der Waals surface area contributed by atoms with Gasteiger partial charge in [-0.15, -0.1) is 0 Å². The second kappa shape index (κ2) is 5.99. The minimum Gasteiger partial charge on any atom is -0.465 e. The van der Waals surface area contributed by atoms with Crippen molar-refractivity contribution >= 4 is 17.9 Å². The molecule has 102 valence electrons. The summed E-state index contributed by atoms with van der Waals surface area (Å²) in [5, 5.41) is 0. The standard InChI is InChI=1S/C13H14O6/c1-7-5-10(18-8(2)14)6-11(19-9(3)15)12(7)13(16)17-4/h5-6H,1-4H3. The van der Waals surface area contributed by atoms with Gasteiger partial charge < -0.3 is 14.2 Å². The van der Waals surface area contributed by atoms with Crippen molar-refractivity contribution in [2.75, 3.05) is 7.11 Å². The van der Waals surface area contributed by atoms with Crippen LogP contribution in [0, 0.1) is 6.92 Å². The molecule has 0 spiro atoms. The zero-order valence-electron chi connectivity index (χ0n) is 11.1. The largest absolute Gasteiger partial charge is 0.465 e. The van der Waals surface area contributed by atoms with Crippen molar-refractivity contribution in [1.29, 1.82) is 0 Å². The zero-order valence-corrected chi connectivity index (χ0v) is 11.1. The molecule has 0 aliphatic carbocycles. The highest BCUT2D eigenvalue weighted by Crippen LogP contribution is 2.29. The SMILES string of the molecule is COC(=O)c1c(C)cc(OC(C)=O)cc1OC(C)=O. The smallest absolute Gasteiger partial charge is 0.341 e. The van der Waals surface area contributed by atoms with Gasteiger partial charge in [-0.3, -0.25) is 9.59 Å². The molecule has 0 heterocycles. The van der Waals surface area contributed by atoms with Crippen LogP contribution in [-0.2, 0) is 14.3 Å². The molecule has 0 aliphatic rings. The summed E-state index contributed by atoms with van der Waals surface area (Å²) in [6.45, 7) is 4.07. The Kier molecular flexibility index (Phi) is 4.63. The Labute approximate surface area is 110 Å². The fourth-order valence-electron chi connectivity index (χ4n) is 1.55. The van der Waals surface area contributed by atoms with Crippen LogP contribution in [0.1, 0.15) is 29.8 Å². The fraction of sp³-hybridized carbons (Fsp3) is 0.308. The van der Waals surface area contributed by atoms with Crippen molar-refractivity contribution in [3.05, 3.63) is 23.3 Å². The van der Waals surface area contributed by atoms with E-state index in [9.17, 15) is 14.4 Å². The van der Waals surface area contributed by atoms with Crippen molar-refractivity contribution < 1.29 is 28.6 Å². The average Bonchev–Trinajstić information content (AvgIpc) is 2.25. The summed E-state index contributed by atoms with van der Waals surface area (Å²) in [6.07, 6.45) is 0. The highest BCUT2D eigenvalue weighted by atomic mass is 16.6. The third-order valence-electron chi connectivity index (χ3n) is 2.18. The molecule has 0 unspecified atom stereocenters. The van der Waals surface area contributed by atoms with Crippen LogP contribution in [0.3, 0.4) is 0 Å². The van der Waals surface area contributed by atoms with Gasteiger partial charge in [0.2, 0.25) is 0 Å². The number of rotatable bonds is 3. The van der Waals surface area contributed by atoms with Gasteiger partial charge >= 0.3 is 17.9 Å². The zero-order chi connectivity index (χ0) is 14.6. The van der Waals surface area contributed by atoms with Crippen molar-refractivity contribution in [3.8, 4) is 11.5 Å².